The van der Waals surface area contributed by atoms with Gasteiger partial charge in [0.05, 0.1) is 17.1 Å². The van der Waals surface area contributed by atoms with Crippen LogP contribution in [0.2, 0.25) is 0 Å². The summed E-state index contributed by atoms with van der Waals surface area (Å²) in [6, 6.07) is 13.7. The lowest BCUT2D eigenvalue weighted by atomic mass is 9.86. The number of hydrogen-bond acceptors (Lipinski definition) is 7. The number of nitrogens with one attached hydrogen (secondary N) is 1. The molecule has 0 fully saturated rings. The smallest absolute Gasteiger partial charge is 0.257 e. The lowest BCUT2D eigenvalue weighted by Gasteiger charge is -2.22. The van der Waals surface area contributed by atoms with E-state index in [9.17, 15) is 13.2 Å². The van der Waals surface area contributed by atoms with Gasteiger partial charge in [-0.1, -0.05) is 45.0 Å². The molecule has 3 aromatic rings. The van der Waals surface area contributed by atoms with E-state index in [1.165, 1.54) is 28.7 Å². The minimum absolute atomic E-state index is 0.00987. The van der Waals surface area contributed by atoms with Crippen LogP contribution in [0.15, 0.2) is 57.1 Å². The molecular weight excluding hydrogens is 476 g/mol. The number of carbonyl (C=O) groups excluding carboxylic acids is 1. The lowest BCUT2D eigenvalue weighted by Crippen LogP contribution is -2.35. The first kappa shape index (κ1) is 22.1. The Morgan fingerprint density at radius 1 is 1.12 bits per heavy atom. The number of thioether (sulfide) groups is 1. The molecule has 10 heteroatoms. The number of aromatic nitrogens is 1. The van der Waals surface area contributed by atoms with Crippen LogP contribution < -0.4 is 10.2 Å². The first-order valence-corrected chi connectivity index (χ1v) is 13.7. The van der Waals surface area contributed by atoms with Gasteiger partial charge in [-0.2, -0.15) is 0 Å². The van der Waals surface area contributed by atoms with Gasteiger partial charge in [0.25, 0.3) is 15.9 Å². The van der Waals surface area contributed by atoms with Gasteiger partial charge >= 0.3 is 0 Å². The fourth-order valence-electron chi connectivity index (χ4n) is 3.65. The monoisotopic (exact) mass is 498 g/mol. The number of carbonyl (C=O) groups is 1. The molecule has 1 aromatic heterocycles. The van der Waals surface area contributed by atoms with Crippen molar-refractivity contribution >= 4 is 55.0 Å². The number of fused-ring (bicyclic) bond motifs is 3. The second-order valence-electron chi connectivity index (χ2n) is 8.92. The maximum atomic E-state index is 12.8. The molecule has 3 heterocycles. The van der Waals surface area contributed by atoms with Crippen LogP contribution in [0.3, 0.4) is 0 Å². The first-order valence-electron chi connectivity index (χ1n) is 10.4. The number of rotatable bonds is 3. The SMILES string of the molecule is CC(C)(C)c1ccc(-c2csc(NC(=O)c3ccc4c(c3)SC3=NS(=O)(=O)CCN34)n2)cc1. The van der Waals surface area contributed by atoms with Gasteiger partial charge in [-0.05, 0) is 40.9 Å². The lowest BCUT2D eigenvalue weighted by molar-refractivity contribution is 0.102. The van der Waals surface area contributed by atoms with Crippen molar-refractivity contribution in [3.63, 3.8) is 0 Å². The third-order valence-corrected chi connectivity index (χ3v) is 8.57. The zero-order chi connectivity index (χ0) is 23.4. The standard InChI is InChI=1S/C23H22N4O3S3/c1-23(2,3)16-7-4-14(5-8-16)17-13-31-21(24-17)25-20(28)15-6-9-18-19(12-15)32-22-26-33(29,30)11-10-27(18)22/h4-9,12-13H,10-11H2,1-3H3,(H,24,25,28). The number of anilines is 2. The predicted octanol–water partition coefficient (Wildman–Crippen LogP) is 4.97. The molecule has 0 aliphatic carbocycles. The van der Waals surface area contributed by atoms with Crippen molar-refractivity contribution in [2.75, 3.05) is 22.5 Å². The number of amidine groups is 1. The Hall–Kier alpha value is -2.69. The molecule has 0 radical (unpaired) electrons. The van der Waals surface area contributed by atoms with Crippen LogP contribution in [0.1, 0.15) is 36.7 Å². The second kappa shape index (κ2) is 7.96. The predicted molar refractivity (Wildman–Crippen MR) is 135 cm³/mol. The Bertz CT molecular complexity index is 1390. The summed E-state index contributed by atoms with van der Waals surface area (Å²) >= 11 is 2.64. The van der Waals surface area contributed by atoms with Gasteiger partial charge in [0, 0.05) is 27.9 Å². The van der Waals surface area contributed by atoms with Gasteiger partial charge in [-0.25, -0.2) is 13.4 Å². The molecular formula is C23H22N4O3S3. The summed E-state index contributed by atoms with van der Waals surface area (Å²) < 4.78 is 27.4. The van der Waals surface area contributed by atoms with Crippen molar-refractivity contribution in [1.82, 2.24) is 4.98 Å². The molecule has 2 aromatic carbocycles. The molecule has 5 rings (SSSR count). The molecule has 2 aliphatic rings. The van der Waals surface area contributed by atoms with Gasteiger partial charge in [0.15, 0.2) is 10.3 Å². The van der Waals surface area contributed by atoms with E-state index in [-0.39, 0.29) is 17.1 Å². The molecule has 1 amide bonds. The fraction of sp³-hybridized carbons (Fsp3) is 0.261. The van der Waals surface area contributed by atoms with Crippen molar-refractivity contribution in [1.29, 1.82) is 0 Å². The van der Waals surface area contributed by atoms with E-state index >= 15 is 0 Å². The van der Waals surface area contributed by atoms with Crippen LogP contribution >= 0.6 is 23.1 Å². The van der Waals surface area contributed by atoms with Gasteiger partial charge in [0.1, 0.15) is 0 Å². The topological polar surface area (TPSA) is 91.7 Å². The summed E-state index contributed by atoms with van der Waals surface area (Å²) in [6.45, 7) is 6.90. The number of benzene rings is 2. The van der Waals surface area contributed by atoms with E-state index in [1.807, 2.05) is 16.3 Å². The summed E-state index contributed by atoms with van der Waals surface area (Å²) in [5.41, 5.74) is 4.52. The molecule has 0 saturated carbocycles. The summed E-state index contributed by atoms with van der Waals surface area (Å²) in [6.07, 6.45) is 0. The Labute approximate surface area is 201 Å². The number of sulfonamides is 1. The van der Waals surface area contributed by atoms with Crippen LogP contribution in [0.25, 0.3) is 11.3 Å². The van der Waals surface area contributed by atoms with Gasteiger partial charge < -0.3 is 4.90 Å². The minimum atomic E-state index is -3.41. The Morgan fingerprint density at radius 3 is 2.61 bits per heavy atom. The van der Waals surface area contributed by atoms with Crippen molar-refractivity contribution in [2.45, 2.75) is 31.1 Å². The summed E-state index contributed by atoms with van der Waals surface area (Å²) in [7, 11) is -3.41. The maximum Gasteiger partial charge on any atom is 0.257 e. The average molecular weight is 499 g/mol. The Morgan fingerprint density at radius 2 is 1.88 bits per heavy atom. The van der Waals surface area contributed by atoms with E-state index in [0.29, 0.717) is 22.4 Å². The van der Waals surface area contributed by atoms with Crippen LogP contribution in [-0.2, 0) is 15.4 Å². The molecule has 170 valence electrons. The van der Waals surface area contributed by atoms with Gasteiger partial charge in [-0.15, -0.1) is 15.7 Å². The maximum absolute atomic E-state index is 12.8. The molecule has 0 bridgehead atoms. The molecule has 0 atom stereocenters. The van der Waals surface area contributed by atoms with E-state index in [2.05, 4.69) is 59.7 Å². The van der Waals surface area contributed by atoms with E-state index < -0.39 is 10.0 Å². The highest BCUT2D eigenvalue weighted by Crippen LogP contribution is 2.42. The minimum Gasteiger partial charge on any atom is -0.318 e. The average Bonchev–Trinajstić information content (AvgIpc) is 3.35. The van der Waals surface area contributed by atoms with Crippen LogP contribution in [-0.4, -0.2) is 36.8 Å². The third-order valence-electron chi connectivity index (χ3n) is 5.51. The van der Waals surface area contributed by atoms with Crippen molar-refractivity contribution in [2.24, 2.45) is 4.40 Å². The number of nitrogens with zero attached hydrogens (tertiary/aromatic N) is 3. The molecule has 33 heavy (non-hydrogen) atoms. The third kappa shape index (κ3) is 4.42. The zero-order valence-electron chi connectivity index (χ0n) is 18.3. The van der Waals surface area contributed by atoms with Crippen LogP contribution in [0.4, 0.5) is 10.8 Å². The van der Waals surface area contributed by atoms with Crippen molar-refractivity contribution in [3.8, 4) is 11.3 Å². The quantitative estimate of drug-likeness (QED) is 0.548. The summed E-state index contributed by atoms with van der Waals surface area (Å²) in [4.78, 5) is 20.1. The molecule has 0 spiro atoms. The molecule has 0 saturated heterocycles. The van der Waals surface area contributed by atoms with Crippen molar-refractivity contribution < 1.29 is 13.2 Å². The fourth-order valence-corrected chi connectivity index (χ4v) is 6.66. The van der Waals surface area contributed by atoms with E-state index in [1.54, 1.807) is 12.1 Å². The molecule has 2 aliphatic heterocycles. The largest absolute Gasteiger partial charge is 0.318 e. The van der Waals surface area contributed by atoms with Gasteiger partial charge in [-0.3, -0.25) is 10.1 Å². The number of amides is 1. The highest BCUT2D eigenvalue weighted by molar-refractivity contribution is 8.15. The summed E-state index contributed by atoms with van der Waals surface area (Å²) in [5.74, 6) is -0.272. The number of hydrogen-bond donors (Lipinski definition) is 1. The van der Waals surface area contributed by atoms with Crippen molar-refractivity contribution in [3.05, 3.63) is 59.0 Å². The van der Waals surface area contributed by atoms with Gasteiger partial charge in [0.2, 0.25) is 0 Å². The van der Waals surface area contributed by atoms with Crippen LogP contribution in [0, 0.1) is 0 Å². The summed E-state index contributed by atoms with van der Waals surface area (Å²) in [5, 5.41) is 5.76. The van der Waals surface area contributed by atoms with E-state index in [4.69, 9.17) is 0 Å². The first-order chi connectivity index (χ1) is 15.6. The van der Waals surface area contributed by atoms with E-state index in [0.717, 1.165) is 21.8 Å². The Kier molecular flexibility index (Phi) is 5.34. The normalized spacial score (nSPS) is 16.7. The molecule has 0 unspecified atom stereocenters. The highest BCUT2D eigenvalue weighted by Gasteiger charge is 2.33. The number of thiazole rings is 1. The Balaban J connectivity index is 1.31. The zero-order valence-corrected chi connectivity index (χ0v) is 20.8. The molecule has 7 nitrogen and oxygen atoms in total. The molecule has 1 N–H and O–H groups in total. The second-order valence-corrected chi connectivity index (χ2v) is 12.5. The highest BCUT2D eigenvalue weighted by atomic mass is 32.2. The van der Waals surface area contributed by atoms with Crippen LogP contribution in [0.5, 0.6) is 0 Å².